The molecule has 1 heterocycles. The van der Waals surface area contributed by atoms with Gasteiger partial charge in [0.2, 0.25) is 0 Å². The molecule has 0 aromatic heterocycles. The molecule has 1 aromatic carbocycles. The summed E-state index contributed by atoms with van der Waals surface area (Å²) in [4.78, 5) is 0. The van der Waals surface area contributed by atoms with Crippen LogP contribution in [0.5, 0.6) is 0 Å². The number of piperidine rings is 1. The first-order chi connectivity index (χ1) is 6.75. The average Bonchev–Trinajstić information content (AvgIpc) is 2.18. The minimum Gasteiger partial charge on any atom is -0.310 e. The molecule has 14 heavy (non-hydrogen) atoms. The Morgan fingerprint density at radius 2 is 2.14 bits per heavy atom. The SMILES string of the molecule is Fc1cc(Br)cc(C2CCCCN2)c1. The van der Waals surface area contributed by atoms with Crippen molar-refractivity contribution in [1.29, 1.82) is 0 Å². The van der Waals surface area contributed by atoms with Crippen LogP contribution >= 0.6 is 15.9 Å². The summed E-state index contributed by atoms with van der Waals surface area (Å²) in [5, 5.41) is 3.40. The standard InChI is InChI=1S/C11H13BrFN/c12-9-5-8(6-10(13)7-9)11-3-1-2-4-14-11/h5-7,11,14H,1-4H2. The third-order valence-corrected chi connectivity index (χ3v) is 3.06. The Kier molecular flexibility index (Phi) is 3.19. The first-order valence-electron chi connectivity index (χ1n) is 4.95. The highest BCUT2D eigenvalue weighted by molar-refractivity contribution is 9.10. The predicted octanol–water partition coefficient (Wildman–Crippen LogP) is 3.40. The van der Waals surface area contributed by atoms with Crippen molar-refractivity contribution in [3.63, 3.8) is 0 Å². The van der Waals surface area contributed by atoms with E-state index in [2.05, 4.69) is 21.2 Å². The lowest BCUT2D eigenvalue weighted by molar-refractivity contribution is 0.411. The molecule has 1 aliphatic rings. The van der Waals surface area contributed by atoms with E-state index >= 15 is 0 Å². The Balaban J connectivity index is 2.21. The fourth-order valence-electron chi connectivity index (χ4n) is 1.91. The fraction of sp³-hybridized carbons (Fsp3) is 0.455. The van der Waals surface area contributed by atoms with Crippen LogP contribution in [0.4, 0.5) is 4.39 Å². The lowest BCUT2D eigenvalue weighted by Crippen LogP contribution is -2.26. The Labute approximate surface area is 91.8 Å². The number of hydrogen-bond donors (Lipinski definition) is 1. The third-order valence-electron chi connectivity index (χ3n) is 2.60. The van der Waals surface area contributed by atoms with Gasteiger partial charge in [-0.3, -0.25) is 0 Å². The minimum absolute atomic E-state index is 0.165. The molecule has 0 aliphatic carbocycles. The normalized spacial score (nSPS) is 22.3. The number of halogens is 2. The first kappa shape index (κ1) is 10.1. The van der Waals surface area contributed by atoms with Gasteiger partial charge in [0.25, 0.3) is 0 Å². The average molecular weight is 258 g/mol. The smallest absolute Gasteiger partial charge is 0.124 e. The fourth-order valence-corrected chi connectivity index (χ4v) is 2.40. The zero-order valence-corrected chi connectivity index (χ0v) is 9.48. The van der Waals surface area contributed by atoms with Crippen molar-refractivity contribution in [2.24, 2.45) is 0 Å². The van der Waals surface area contributed by atoms with E-state index in [0.717, 1.165) is 23.0 Å². The number of nitrogens with one attached hydrogen (secondary N) is 1. The summed E-state index contributed by atoms with van der Waals surface area (Å²) >= 11 is 3.31. The number of benzene rings is 1. The van der Waals surface area contributed by atoms with E-state index in [4.69, 9.17) is 0 Å². The van der Waals surface area contributed by atoms with E-state index in [1.54, 1.807) is 6.07 Å². The molecule has 1 nitrogen and oxygen atoms in total. The summed E-state index contributed by atoms with van der Waals surface area (Å²) in [6.07, 6.45) is 3.56. The molecule has 1 N–H and O–H groups in total. The molecule has 1 unspecified atom stereocenters. The molecule has 1 aliphatic heterocycles. The van der Waals surface area contributed by atoms with Crippen LogP contribution in [0.3, 0.4) is 0 Å². The Morgan fingerprint density at radius 1 is 1.29 bits per heavy atom. The topological polar surface area (TPSA) is 12.0 Å². The first-order valence-corrected chi connectivity index (χ1v) is 5.74. The van der Waals surface area contributed by atoms with Gasteiger partial charge in [-0.15, -0.1) is 0 Å². The molecule has 0 amide bonds. The molecule has 0 radical (unpaired) electrons. The third kappa shape index (κ3) is 2.34. The number of rotatable bonds is 1. The largest absolute Gasteiger partial charge is 0.310 e. The second-order valence-corrected chi connectivity index (χ2v) is 4.62. The van der Waals surface area contributed by atoms with E-state index in [1.807, 2.05) is 6.07 Å². The van der Waals surface area contributed by atoms with Crippen LogP contribution in [-0.4, -0.2) is 6.54 Å². The van der Waals surface area contributed by atoms with Crippen molar-refractivity contribution < 1.29 is 4.39 Å². The maximum Gasteiger partial charge on any atom is 0.124 e. The second-order valence-electron chi connectivity index (χ2n) is 3.71. The summed E-state index contributed by atoms with van der Waals surface area (Å²) in [6.45, 7) is 1.04. The molecule has 1 atom stereocenters. The van der Waals surface area contributed by atoms with Crippen LogP contribution in [-0.2, 0) is 0 Å². The van der Waals surface area contributed by atoms with Crippen molar-refractivity contribution in [2.75, 3.05) is 6.54 Å². The molecule has 0 bridgehead atoms. The molecule has 0 spiro atoms. The second kappa shape index (κ2) is 4.41. The number of hydrogen-bond acceptors (Lipinski definition) is 1. The van der Waals surface area contributed by atoms with Crippen molar-refractivity contribution in [2.45, 2.75) is 25.3 Å². The van der Waals surface area contributed by atoms with Crippen LogP contribution < -0.4 is 5.32 Å². The maximum atomic E-state index is 13.1. The van der Waals surface area contributed by atoms with E-state index in [9.17, 15) is 4.39 Å². The van der Waals surface area contributed by atoms with E-state index in [-0.39, 0.29) is 5.82 Å². The summed E-state index contributed by atoms with van der Waals surface area (Å²) in [6, 6.07) is 5.43. The van der Waals surface area contributed by atoms with Crippen LogP contribution in [0.2, 0.25) is 0 Å². The van der Waals surface area contributed by atoms with E-state index < -0.39 is 0 Å². The van der Waals surface area contributed by atoms with Gasteiger partial charge in [-0.25, -0.2) is 4.39 Å². The molecule has 0 saturated carbocycles. The lowest BCUT2D eigenvalue weighted by Gasteiger charge is -2.24. The summed E-state index contributed by atoms with van der Waals surface area (Å²) in [7, 11) is 0. The van der Waals surface area contributed by atoms with Gasteiger partial charge >= 0.3 is 0 Å². The highest BCUT2D eigenvalue weighted by Crippen LogP contribution is 2.26. The van der Waals surface area contributed by atoms with Gasteiger partial charge in [0.15, 0.2) is 0 Å². The molecular formula is C11H13BrFN. The molecule has 3 heteroatoms. The molecule has 76 valence electrons. The van der Waals surface area contributed by atoms with Crippen LogP contribution in [0.15, 0.2) is 22.7 Å². The van der Waals surface area contributed by atoms with Gasteiger partial charge in [0.05, 0.1) is 0 Å². The predicted molar refractivity (Wildman–Crippen MR) is 58.7 cm³/mol. The van der Waals surface area contributed by atoms with Crippen molar-refractivity contribution in [3.8, 4) is 0 Å². The Bertz CT molecular complexity index is 301. The molecule has 1 fully saturated rings. The maximum absolute atomic E-state index is 13.1. The van der Waals surface area contributed by atoms with Gasteiger partial charge in [-0.05, 0) is 43.1 Å². The van der Waals surface area contributed by atoms with Gasteiger partial charge in [0, 0.05) is 10.5 Å². The minimum atomic E-state index is -0.165. The Hall–Kier alpha value is -0.410. The molecule has 1 aromatic rings. The van der Waals surface area contributed by atoms with Gasteiger partial charge in [0.1, 0.15) is 5.82 Å². The summed E-state index contributed by atoms with van der Waals surface area (Å²) in [5.41, 5.74) is 1.05. The van der Waals surface area contributed by atoms with Gasteiger partial charge < -0.3 is 5.32 Å². The summed E-state index contributed by atoms with van der Waals surface area (Å²) < 4.78 is 13.9. The molecule has 1 saturated heterocycles. The van der Waals surface area contributed by atoms with Crippen LogP contribution in [0.1, 0.15) is 30.9 Å². The highest BCUT2D eigenvalue weighted by atomic mass is 79.9. The molecular weight excluding hydrogens is 245 g/mol. The van der Waals surface area contributed by atoms with Crippen molar-refractivity contribution in [3.05, 3.63) is 34.1 Å². The van der Waals surface area contributed by atoms with Crippen LogP contribution in [0, 0.1) is 5.82 Å². The molecule has 2 rings (SSSR count). The van der Waals surface area contributed by atoms with Gasteiger partial charge in [-0.2, -0.15) is 0 Å². The quantitative estimate of drug-likeness (QED) is 0.814. The Morgan fingerprint density at radius 3 is 2.79 bits per heavy atom. The monoisotopic (exact) mass is 257 g/mol. The van der Waals surface area contributed by atoms with Gasteiger partial charge in [-0.1, -0.05) is 22.4 Å². The van der Waals surface area contributed by atoms with E-state index in [1.165, 1.54) is 18.9 Å². The van der Waals surface area contributed by atoms with Crippen molar-refractivity contribution >= 4 is 15.9 Å². The van der Waals surface area contributed by atoms with Crippen molar-refractivity contribution in [1.82, 2.24) is 5.32 Å². The zero-order valence-electron chi connectivity index (χ0n) is 7.89. The highest BCUT2D eigenvalue weighted by Gasteiger charge is 2.15. The summed E-state index contributed by atoms with van der Waals surface area (Å²) in [5.74, 6) is -0.165. The zero-order chi connectivity index (χ0) is 9.97. The van der Waals surface area contributed by atoms with E-state index in [0.29, 0.717) is 6.04 Å². The lowest BCUT2D eigenvalue weighted by atomic mass is 9.98. The van der Waals surface area contributed by atoms with Crippen LogP contribution in [0.25, 0.3) is 0 Å².